The molecule has 1 saturated heterocycles. The molecule has 0 saturated carbocycles. The van der Waals surface area contributed by atoms with E-state index < -0.39 is 6.09 Å². The fraction of sp³-hybridized carbons (Fsp3) is 0.500. The Kier molecular flexibility index (Phi) is 7.26. The molecule has 1 fully saturated rings. The van der Waals surface area contributed by atoms with Crippen LogP contribution in [0.4, 0.5) is 4.79 Å². The highest BCUT2D eigenvalue weighted by Crippen LogP contribution is 2.39. The molecule has 0 aliphatic carbocycles. The summed E-state index contributed by atoms with van der Waals surface area (Å²) in [5.41, 5.74) is 1.52. The number of amides is 1. The second-order valence-electron chi connectivity index (χ2n) is 6.24. The minimum absolute atomic E-state index is 0.250. The Balaban J connectivity index is 3.16. The second kappa shape index (κ2) is 8.70. The van der Waals surface area contributed by atoms with Gasteiger partial charge in [0.1, 0.15) is 6.10 Å². The van der Waals surface area contributed by atoms with Gasteiger partial charge >= 0.3 is 6.09 Å². The van der Waals surface area contributed by atoms with Crippen molar-refractivity contribution in [1.82, 2.24) is 10.7 Å². The Morgan fingerprint density at radius 2 is 1.43 bits per heavy atom. The fourth-order valence-corrected chi connectivity index (χ4v) is 3.69. The van der Waals surface area contributed by atoms with Crippen molar-refractivity contribution in [3.05, 3.63) is 50.6 Å². The summed E-state index contributed by atoms with van der Waals surface area (Å²) in [6.45, 7) is 15.5. The third-order valence-electron chi connectivity index (χ3n) is 4.30. The predicted octanol–water partition coefficient (Wildman–Crippen LogP) is 3.12. The van der Waals surface area contributed by atoms with E-state index >= 15 is 0 Å². The predicted molar refractivity (Wildman–Crippen MR) is 94.7 cm³/mol. The quantitative estimate of drug-likeness (QED) is 0.264. The van der Waals surface area contributed by atoms with Gasteiger partial charge < -0.3 is 10.1 Å². The lowest BCUT2D eigenvalue weighted by atomic mass is 9.71. The van der Waals surface area contributed by atoms with Gasteiger partial charge in [-0.2, -0.15) is 0 Å². The molecule has 0 aromatic heterocycles. The molecule has 1 heterocycles. The van der Waals surface area contributed by atoms with Crippen molar-refractivity contribution in [1.29, 1.82) is 0 Å². The van der Waals surface area contributed by atoms with E-state index in [1.165, 1.54) is 0 Å². The highest BCUT2D eigenvalue weighted by molar-refractivity contribution is 5.66. The molecule has 0 radical (unpaired) electrons. The summed E-state index contributed by atoms with van der Waals surface area (Å²) in [7, 11) is 0. The maximum atomic E-state index is 11.6. The summed E-state index contributed by atoms with van der Waals surface area (Å²) in [5, 5.41) is 3.78. The van der Waals surface area contributed by atoms with Crippen LogP contribution in [0.15, 0.2) is 50.6 Å². The maximum Gasteiger partial charge on any atom is 0.421 e. The molecule has 0 spiro atoms. The van der Waals surface area contributed by atoms with E-state index in [-0.39, 0.29) is 17.2 Å². The van der Waals surface area contributed by atoms with Gasteiger partial charge in [-0.05, 0) is 25.7 Å². The summed E-state index contributed by atoms with van der Waals surface area (Å²) in [5.74, 6) is 5.15. The lowest BCUT2D eigenvalue weighted by molar-refractivity contribution is 0.00132. The number of hydrazine groups is 1. The Morgan fingerprint density at radius 3 is 1.74 bits per heavy atom. The Hall–Kier alpha value is -1.85. The standard InChI is InChI=1S/C18H29N3O2/c1-5-9-17(10-6-2)13-15(23-16(22)20-19)14-18(21-17,11-7-3)12-8-4/h5-8,15,21H,1-4,9-14,19H2,(H,20,22). The molecule has 1 rings (SSSR count). The molecule has 1 aliphatic rings. The first kappa shape index (κ1) is 19.2. The molecule has 4 N–H and O–H groups in total. The summed E-state index contributed by atoms with van der Waals surface area (Å²) < 4.78 is 5.48. The van der Waals surface area contributed by atoms with Crippen LogP contribution in [-0.4, -0.2) is 23.3 Å². The molecule has 5 nitrogen and oxygen atoms in total. The third kappa shape index (κ3) is 5.08. The lowest BCUT2D eigenvalue weighted by Gasteiger charge is -2.51. The molecule has 0 aromatic rings. The van der Waals surface area contributed by atoms with Gasteiger partial charge in [-0.15, -0.1) is 26.3 Å². The van der Waals surface area contributed by atoms with Crippen molar-refractivity contribution in [2.75, 3.05) is 0 Å². The van der Waals surface area contributed by atoms with Gasteiger partial charge in [0.25, 0.3) is 0 Å². The van der Waals surface area contributed by atoms with Crippen molar-refractivity contribution >= 4 is 6.09 Å². The molecular weight excluding hydrogens is 290 g/mol. The van der Waals surface area contributed by atoms with Crippen molar-refractivity contribution in [3.8, 4) is 0 Å². The zero-order chi connectivity index (χ0) is 17.3. The number of rotatable bonds is 9. The first-order valence-corrected chi connectivity index (χ1v) is 7.89. The zero-order valence-corrected chi connectivity index (χ0v) is 13.9. The molecular formula is C18H29N3O2. The number of ether oxygens (including phenoxy) is 1. The molecule has 5 heteroatoms. The molecule has 0 unspecified atom stereocenters. The molecule has 0 atom stereocenters. The van der Waals surface area contributed by atoms with Gasteiger partial charge in [-0.3, -0.25) is 5.43 Å². The lowest BCUT2D eigenvalue weighted by Crippen LogP contribution is -2.64. The van der Waals surface area contributed by atoms with Crippen molar-refractivity contribution in [3.63, 3.8) is 0 Å². The molecule has 1 amide bonds. The van der Waals surface area contributed by atoms with Crippen LogP contribution in [0.25, 0.3) is 0 Å². The number of carbonyl (C=O) groups excluding carboxylic acids is 1. The third-order valence-corrected chi connectivity index (χ3v) is 4.30. The van der Waals surface area contributed by atoms with Gasteiger partial charge in [0.05, 0.1) is 0 Å². The first-order valence-electron chi connectivity index (χ1n) is 7.89. The van der Waals surface area contributed by atoms with Crippen LogP contribution in [0.2, 0.25) is 0 Å². The van der Waals surface area contributed by atoms with E-state index in [1.807, 2.05) is 29.7 Å². The van der Waals surface area contributed by atoms with Crippen LogP contribution in [0.1, 0.15) is 38.5 Å². The van der Waals surface area contributed by atoms with Crippen LogP contribution in [-0.2, 0) is 4.74 Å². The Labute approximate surface area is 139 Å². The minimum Gasteiger partial charge on any atom is -0.445 e. The number of hydrogen-bond donors (Lipinski definition) is 3. The Morgan fingerprint density at radius 1 is 1.04 bits per heavy atom. The second-order valence-corrected chi connectivity index (χ2v) is 6.24. The van der Waals surface area contributed by atoms with E-state index in [0.29, 0.717) is 12.8 Å². The summed E-state index contributed by atoms with van der Waals surface area (Å²) >= 11 is 0. The van der Waals surface area contributed by atoms with Gasteiger partial charge in [0, 0.05) is 23.9 Å². The van der Waals surface area contributed by atoms with E-state index in [1.54, 1.807) is 0 Å². The highest BCUT2D eigenvalue weighted by atomic mass is 16.6. The summed E-state index contributed by atoms with van der Waals surface area (Å²) in [6.07, 6.45) is 11.0. The topological polar surface area (TPSA) is 76.4 Å². The molecule has 0 bridgehead atoms. The van der Waals surface area contributed by atoms with Gasteiger partial charge in [0.2, 0.25) is 0 Å². The minimum atomic E-state index is -0.617. The fourth-order valence-electron chi connectivity index (χ4n) is 3.69. The Bertz CT molecular complexity index is 407. The monoisotopic (exact) mass is 319 g/mol. The number of nitrogens with one attached hydrogen (secondary N) is 2. The smallest absolute Gasteiger partial charge is 0.421 e. The average Bonchev–Trinajstić information content (AvgIpc) is 2.47. The van der Waals surface area contributed by atoms with Gasteiger partial charge in [-0.1, -0.05) is 24.3 Å². The van der Waals surface area contributed by atoms with Gasteiger partial charge in [0.15, 0.2) is 0 Å². The van der Waals surface area contributed by atoms with Crippen molar-refractivity contribution < 1.29 is 9.53 Å². The van der Waals surface area contributed by atoms with Crippen LogP contribution >= 0.6 is 0 Å². The zero-order valence-electron chi connectivity index (χ0n) is 13.9. The van der Waals surface area contributed by atoms with E-state index in [2.05, 4.69) is 31.6 Å². The van der Waals surface area contributed by atoms with E-state index in [9.17, 15) is 4.79 Å². The first-order chi connectivity index (χ1) is 11.0. The number of hydrogen-bond acceptors (Lipinski definition) is 4. The molecule has 23 heavy (non-hydrogen) atoms. The van der Waals surface area contributed by atoms with Crippen molar-refractivity contribution in [2.24, 2.45) is 5.84 Å². The normalized spacial score (nSPS) is 19.3. The van der Waals surface area contributed by atoms with Crippen LogP contribution in [0.3, 0.4) is 0 Å². The largest absolute Gasteiger partial charge is 0.445 e. The average molecular weight is 319 g/mol. The molecule has 0 aromatic carbocycles. The SMILES string of the molecule is C=CCC1(CC=C)CC(OC(=O)NN)CC(CC=C)(CC=C)N1. The summed E-state index contributed by atoms with van der Waals surface area (Å²) in [6, 6.07) is 0. The maximum absolute atomic E-state index is 11.6. The van der Waals surface area contributed by atoms with Crippen LogP contribution in [0.5, 0.6) is 0 Å². The number of piperidine rings is 1. The summed E-state index contributed by atoms with van der Waals surface area (Å²) in [4.78, 5) is 11.6. The molecule has 128 valence electrons. The van der Waals surface area contributed by atoms with Crippen LogP contribution < -0.4 is 16.6 Å². The van der Waals surface area contributed by atoms with Gasteiger partial charge in [-0.25, -0.2) is 10.6 Å². The van der Waals surface area contributed by atoms with Crippen molar-refractivity contribution in [2.45, 2.75) is 55.7 Å². The van der Waals surface area contributed by atoms with Crippen LogP contribution in [0, 0.1) is 0 Å². The number of nitrogens with two attached hydrogens (primary N) is 1. The highest BCUT2D eigenvalue weighted by Gasteiger charge is 2.46. The molecule has 1 aliphatic heterocycles. The van der Waals surface area contributed by atoms with E-state index in [0.717, 1.165) is 25.7 Å². The number of carbonyl (C=O) groups is 1. The van der Waals surface area contributed by atoms with E-state index in [4.69, 9.17) is 10.6 Å².